The Bertz CT molecular complexity index is 1520. The minimum atomic E-state index is -4.56. The molecule has 3 aromatic rings. The molecule has 3 aliphatic heterocycles. The number of hydrogen-bond acceptors (Lipinski definition) is 6. The van der Waals surface area contributed by atoms with E-state index in [4.69, 9.17) is 4.74 Å². The summed E-state index contributed by atoms with van der Waals surface area (Å²) in [7, 11) is 0. The average molecular weight is 591 g/mol. The van der Waals surface area contributed by atoms with Crippen molar-refractivity contribution >= 4 is 17.8 Å². The molecule has 5 heterocycles. The monoisotopic (exact) mass is 590 g/mol. The van der Waals surface area contributed by atoms with Gasteiger partial charge >= 0.3 is 12.3 Å². The molecule has 2 amide bonds. The summed E-state index contributed by atoms with van der Waals surface area (Å²) >= 11 is 0. The van der Waals surface area contributed by atoms with E-state index in [9.17, 15) is 31.5 Å². The smallest absolute Gasteiger partial charge is 0.413 e. The number of likely N-dealkylation sites (tertiary alicyclic amines) is 1. The van der Waals surface area contributed by atoms with Crippen LogP contribution >= 0.6 is 0 Å². The Kier molecular flexibility index (Phi) is 7.09. The maximum absolute atomic E-state index is 14.7. The lowest BCUT2D eigenvalue weighted by Gasteiger charge is -2.43. The van der Waals surface area contributed by atoms with Crippen molar-refractivity contribution in [3.8, 4) is 0 Å². The molecule has 1 aromatic carbocycles. The van der Waals surface area contributed by atoms with Crippen molar-refractivity contribution in [3.05, 3.63) is 70.9 Å². The molecule has 42 heavy (non-hydrogen) atoms. The molecule has 0 unspecified atom stereocenters. The number of nitrogens with zero attached hydrogens (tertiary/aromatic N) is 5. The van der Waals surface area contributed by atoms with Crippen molar-refractivity contribution in [2.24, 2.45) is 0 Å². The van der Waals surface area contributed by atoms with E-state index in [2.05, 4.69) is 20.5 Å². The third-order valence-corrected chi connectivity index (χ3v) is 8.42. The van der Waals surface area contributed by atoms with Gasteiger partial charge in [0.2, 0.25) is 5.91 Å². The van der Waals surface area contributed by atoms with E-state index in [1.807, 2.05) is 6.07 Å². The van der Waals surface area contributed by atoms with E-state index in [1.54, 1.807) is 17.2 Å². The second kappa shape index (κ2) is 10.6. The number of benzene rings is 1. The van der Waals surface area contributed by atoms with Crippen LogP contribution in [0.4, 0.5) is 32.6 Å². The van der Waals surface area contributed by atoms with Crippen LogP contribution in [0.1, 0.15) is 66.7 Å². The lowest BCUT2D eigenvalue weighted by atomic mass is 9.83. The third kappa shape index (κ3) is 5.29. The highest BCUT2D eigenvalue weighted by molar-refractivity contribution is 5.87. The number of carbonyl (C=O) groups excluding carboxylic acids is 2. The number of aromatic nitrogens is 4. The van der Waals surface area contributed by atoms with E-state index in [1.165, 1.54) is 16.7 Å². The molecule has 2 atom stereocenters. The van der Waals surface area contributed by atoms with Gasteiger partial charge in [0.15, 0.2) is 11.6 Å². The molecule has 0 aliphatic carbocycles. The fraction of sp³-hybridized carbons (Fsp3) is 0.464. The second-order valence-electron chi connectivity index (χ2n) is 11.0. The van der Waals surface area contributed by atoms with Crippen LogP contribution in [0.15, 0.2) is 36.5 Å². The molecule has 1 N–H and O–H groups in total. The number of rotatable bonds is 4. The number of anilines is 1. The Balaban J connectivity index is 1.22. The topological polar surface area (TPSA) is 102 Å². The molecule has 1 fully saturated rings. The summed E-state index contributed by atoms with van der Waals surface area (Å²) in [4.78, 5) is 31.6. The van der Waals surface area contributed by atoms with Gasteiger partial charge in [-0.05, 0) is 36.6 Å². The van der Waals surface area contributed by atoms with Crippen molar-refractivity contribution in [3.63, 3.8) is 0 Å². The second-order valence-corrected chi connectivity index (χ2v) is 11.0. The Morgan fingerprint density at radius 2 is 1.88 bits per heavy atom. The van der Waals surface area contributed by atoms with Crippen molar-refractivity contribution in [1.82, 2.24) is 24.6 Å². The lowest BCUT2D eigenvalue weighted by Crippen LogP contribution is -2.50. The van der Waals surface area contributed by atoms with Crippen molar-refractivity contribution in [1.29, 1.82) is 0 Å². The Morgan fingerprint density at radius 3 is 2.64 bits per heavy atom. The van der Waals surface area contributed by atoms with E-state index < -0.39 is 47.8 Å². The zero-order valence-electron chi connectivity index (χ0n) is 22.3. The molecule has 0 radical (unpaired) electrons. The summed E-state index contributed by atoms with van der Waals surface area (Å²) in [5, 5.41) is 10.4. The van der Waals surface area contributed by atoms with Crippen LogP contribution in [0.5, 0.6) is 0 Å². The molecular formula is C28H27F5N6O3. The van der Waals surface area contributed by atoms with Gasteiger partial charge in [-0.15, -0.1) is 10.2 Å². The van der Waals surface area contributed by atoms with Crippen LogP contribution in [0, 0.1) is 11.6 Å². The van der Waals surface area contributed by atoms with Crippen molar-refractivity contribution < 1.29 is 36.3 Å². The van der Waals surface area contributed by atoms with Crippen LogP contribution in [-0.2, 0) is 28.1 Å². The van der Waals surface area contributed by atoms with Gasteiger partial charge < -0.3 is 14.2 Å². The molecule has 0 saturated carbocycles. The first-order valence-corrected chi connectivity index (χ1v) is 13.7. The van der Waals surface area contributed by atoms with Gasteiger partial charge in [-0.3, -0.25) is 10.1 Å². The molecule has 2 aromatic heterocycles. The number of alkyl halides is 3. The zero-order valence-corrected chi connectivity index (χ0v) is 22.3. The Hall–Kier alpha value is -4.10. The summed E-state index contributed by atoms with van der Waals surface area (Å²) in [6.45, 7) is 0.504. The normalized spacial score (nSPS) is 21.6. The summed E-state index contributed by atoms with van der Waals surface area (Å²) < 4.78 is 75.8. The SMILES string of the molecule is O=C1Nc2ncccc2C2(CCN(C(=O)C[C@@H]3CC[C@H](c4cccc(F)c4F)Cn4c(CC(F)(F)F)nnc43)CC2)O1. The third-order valence-electron chi connectivity index (χ3n) is 8.42. The minimum Gasteiger partial charge on any atom is -0.437 e. The first-order chi connectivity index (χ1) is 20.0. The van der Waals surface area contributed by atoms with Crippen LogP contribution in [0.3, 0.4) is 0 Å². The fourth-order valence-electron chi connectivity index (χ4n) is 6.34. The number of piperidine rings is 1. The molecule has 6 rings (SSSR count). The number of nitrogens with one attached hydrogen (secondary N) is 1. The summed E-state index contributed by atoms with van der Waals surface area (Å²) in [5.74, 6) is -3.22. The maximum atomic E-state index is 14.7. The molecular weight excluding hydrogens is 563 g/mol. The van der Waals surface area contributed by atoms with Crippen LogP contribution in [0.2, 0.25) is 0 Å². The molecule has 3 aliphatic rings. The lowest BCUT2D eigenvalue weighted by molar-refractivity contribution is -0.136. The molecule has 1 saturated heterocycles. The van der Waals surface area contributed by atoms with Crippen molar-refractivity contribution in [2.45, 2.75) is 68.7 Å². The Labute approximate surface area is 237 Å². The highest BCUT2D eigenvalue weighted by atomic mass is 19.4. The van der Waals surface area contributed by atoms with Gasteiger partial charge in [-0.2, -0.15) is 13.2 Å². The number of pyridine rings is 1. The number of halogens is 5. The van der Waals surface area contributed by atoms with E-state index >= 15 is 0 Å². The minimum absolute atomic E-state index is 0.0466. The highest BCUT2D eigenvalue weighted by Crippen LogP contribution is 2.43. The first-order valence-electron chi connectivity index (χ1n) is 13.7. The van der Waals surface area contributed by atoms with Gasteiger partial charge in [0, 0.05) is 62.5 Å². The van der Waals surface area contributed by atoms with Crippen molar-refractivity contribution in [2.75, 3.05) is 18.4 Å². The van der Waals surface area contributed by atoms with Crippen LogP contribution < -0.4 is 5.32 Å². The standard InChI is InChI=1S/C28H27F5N6O3/c29-20-5-1-3-18(23(20)30)17-7-6-16(25-37-36-21(39(25)15-17)14-28(31,32)33)13-22(40)38-11-8-27(9-12-38)19-4-2-10-34-24(19)35-26(41)42-27/h1-5,10,16-17H,6-9,11-15H2,(H,34,35,41)/t16-,17-/m0/s1. The van der Waals surface area contributed by atoms with Gasteiger partial charge in [0.05, 0.1) is 0 Å². The van der Waals surface area contributed by atoms with E-state index in [0.29, 0.717) is 31.5 Å². The first kappa shape index (κ1) is 28.0. The number of fused-ring (bicyclic) bond motifs is 3. The quantitative estimate of drug-likeness (QED) is 0.420. The zero-order chi connectivity index (χ0) is 29.6. The summed E-state index contributed by atoms with van der Waals surface area (Å²) in [6, 6.07) is 7.34. The predicted molar refractivity (Wildman–Crippen MR) is 137 cm³/mol. The predicted octanol–water partition coefficient (Wildman–Crippen LogP) is 5.19. The number of amides is 2. The van der Waals surface area contributed by atoms with Crippen LogP contribution in [0.25, 0.3) is 0 Å². The Morgan fingerprint density at radius 1 is 1.10 bits per heavy atom. The summed E-state index contributed by atoms with van der Waals surface area (Å²) in [5.41, 5.74) is -0.117. The molecule has 1 spiro atoms. The maximum Gasteiger partial charge on any atom is 0.413 e. The average Bonchev–Trinajstić information content (AvgIpc) is 3.22. The number of carbonyl (C=O) groups is 2. The summed E-state index contributed by atoms with van der Waals surface area (Å²) in [6.07, 6.45) is -3.67. The molecule has 0 bridgehead atoms. The van der Waals surface area contributed by atoms with Gasteiger partial charge in [-0.25, -0.2) is 18.6 Å². The van der Waals surface area contributed by atoms with Gasteiger partial charge in [-0.1, -0.05) is 12.1 Å². The molecule has 222 valence electrons. The van der Waals surface area contributed by atoms with E-state index in [-0.39, 0.29) is 49.2 Å². The molecule has 14 heteroatoms. The number of ether oxygens (including phenoxy) is 1. The molecule has 9 nitrogen and oxygen atoms in total. The fourth-order valence-corrected chi connectivity index (χ4v) is 6.34. The number of hydrogen-bond donors (Lipinski definition) is 1. The van der Waals surface area contributed by atoms with Gasteiger partial charge in [0.25, 0.3) is 0 Å². The van der Waals surface area contributed by atoms with E-state index in [0.717, 1.165) is 11.6 Å². The van der Waals surface area contributed by atoms with Gasteiger partial charge in [0.1, 0.15) is 29.5 Å². The van der Waals surface area contributed by atoms with Crippen LogP contribution in [-0.4, -0.2) is 55.9 Å². The largest absolute Gasteiger partial charge is 0.437 e. The highest BCUT2D eigenvalue weighted by Gasteiger charge is 2.46.